The van der Waals surface area contributed by atoms with Gasteiger partial charge in [0.15, 0.2) is 0 Å². The van der Waals surface area contributed by atoms with Crippen LogP contribution in [0.5, 0.6) is 0 Å². The molecule has 0 aromatic heterocycles. The van der Waals surface area contributed by atoms with E-state index in [1.165, 1.54) is 10.7 Å². The molecule has 1 amide bonds. The second-order valence-corrected chi connectivity index (χ2v) is 8.93. The summed E-state index contributed by atoms with van der Waals surface area (Å²) in [6.45, 7) is 0. The molecule has 0 fully saturated rings. The van der Waals surface area contributed by atoms with Crippen molar-refractivity contribution in [2.24, 2.45) is 0 Å². The van der Waals surface area contributed by atoms with Crippen LogP contribution in [-0.4, -0.2) is 46.0 Å². The fourth-order valence-corrected chi connectivity index (χ4v) is 4.89. The number of hydrogen-bond acceptors (Lipinski definition) is 3. The number of carbonyl (C=O) groups is 2. The molecule has 0 radical (unpaired) electrons. The van der Waals surface area contributed by atoms with Crippen LogP contribution in [0.25, 0.3) is 0 Å². The van der Waals surface area contributed by atoms with E-state index in [4.69, 9.17) is 4.74 Å². The molecule has 0 aliphatic carbocycles. The van der Waals surface area contributed by atoms with Crippen molar-refractivity contribution in [2.45, 2.75) is 29.8 Å². The van der Waals surface area contributed by atoms with Crippen LogP contribution < -0.4 is 8.93 Å². The van der Waals surface area contributed by atoms with Gasteiger partial charge in [0.25, 0.3) is 0 Å². The first-order chi connectivity index (χ1) is 12.2. The van der Waals surface area contributed by atoms with Crippen LogP contribution in [0.15, 0.2) is 60.7 Å². The van der Waals surface area contributed by atoms with Gasteiger partial charge in [0.05, 0.1) is 0 Å². The molecule has 25 heavy (non-hydrogen) atoms. The van der Waals surface area contributed by atoms with Crippen LogP contribution in [0.4, 0.5) is 0 Å². The average Bonchev–Trinajstić information content (AvgIpc) is 2.66. The average molecular weight is 453 g/mol. The fraction of sp³-hybridized carbons (Fsp3) is 0.300. The molecular formula is C20H23NO3Te. The number of esters is 1. The normalized spacial score (nSPS) is 11.6. The molecule has 0 bridgehead atoms. The van der Waals surface area contributed by atoms with Gasteiger partial charge in [-0.1, -0.05) is 0 Å². The second kappa shape index (κ2) is 10.9. The Balaban J connectivity index is 1.77. The van der Waals surface area contributed by atoms with E-state index in [-0.39, 0.29) is 26.8 Å². The Hall–Kier alpha value is -1.83. The molecule has 0 heterocycles. The Labute approximate surface area is 159 Å². The van der Waals surface area contributed by atoms with E-state index in [0.29, 0.717) is 12.8 Å². The zero-order valence-corrected chi connectivity index (χ0v) is 16.6. The zero-order valence-electron chi connectivity index (χ0n) is 14.3. The van der Waals surface area contributed by atoms with Gasteiger partial charge in [-0.25, -0.2) is 0 Å². The summed E-state index contributed by atoms with van der Waals surface area (Å²) in [4.78, 5) is 24.1. The number of nitrogens with one attached hydrogen (secondary N) is 1. The van der Waals surface area contributed by atoms with Crippen LogP contribution in [0.2, 0.25) is 4.47 Å². The first-order valence-corrected chi connectivity index (χ1v) is 11.1. The Morgan fingerprint density at radius 3 is 2.32 bits per heavy atom. The van der Waals surface area contributed by atoms with Crippen LogP contribution in [0.1, 0.15) is 18.4 Å². The molecular weight excluding hydrogens is 430 g/mol. The monoisotopic (exact) mass is 455 g/mol. The van der Waals surface area contributed by atoms with E-state index in [0.717, 1.165) is 16.5 Å². The Morgan fingerprint density at radius 1 is 1.04 bits per heavy atom. The summed E-state index contributed by atoms with van der Waals surface area (Å²) in [5, 5.41) is 2.82. The van der Waals surface area contributed by atoms with Gasteiger partial charge < -0.3 is 0 Å². The summed E-state index contributed by atoms with van der Waals surface area (Å²) in [6, 6.07) is 19.4. The standard InChI is InChI=1S/C20H23NO3Te/c1-24-20(23)18(15-16-9-4-2-5-10-16)21-19(22)13-8-14-25-17-11-6-3-7-12-17/h2-7,9-12,18H,8,13-15H2,1H3,(H,21,22). The first-order valence-electron chi connectivity index (χ1n) is 8.28. The van der Waals surface area contributed by atoms with E-state index < -0.39 is 12.0 Å². The molecule has 1 atom stereocenters. The third-order valence-electron chi connectivity index (χ3n) is 3.66. The molecule has 1 unspecified atom stereocenters. The van der Waals surface area contributed by atoms with Crippen molar-refractivity contribution in [1.82, 2.24) is 5.32 Å². The predicted molar refractivity (Wildman–Crippen MR) is 100.0 cm³/mol. The van der Waals surface area contributed by atoms with Crippen LogP contribution in [-0.2, 0) is 20.7 Å². The minimum atomic E-state index is -0.634. The molecule has 0 aliphatic rings. The number of hydrogen-bond donors (Lipinski definition) is 1. The van der Waals surface area contributed by atoms with Gasteiger partial charge in [0, 0.05) is 0 Å². The van der Waals surface area contributed by atoms with E-state index in [1.54, 1.807) is 0 Å². The number of ether oxygens (including phenoxy) is 1. The molecule has 2 rings (SSSR count). The van der Waals surface area contributed by atoms with Gasteiger partial charge in [-0.15, -0.1) is 0 Å². The maximum atomic E-state index is 12.2. The van der Waals surface area contributed by atoms with Crippen LogP contribution >= 0.6 is 0 Å². The summed E-state index contributed by atoms with van der Waals surface area (Å²) in [7, 11) is 1.34. The molecule has 0 saturated heterocycles. The molecule has 2 aromatic rings. The summed E-state index contributed by atoms with van der Waals surface area (Å²) >= 11 is -0.238. The SMILES string of the molecule is COC(=O)C(Cc1ccccc1)NC(=O)CCC[Te]c1ccccc1. The van der Waals surface area contributed by atoms with E-state index >= 15 is 0 Å². The minimum absolute atomic E-state index is 0.0909. The van der Waals surface area contributed by atoms with Gasteiger partial charge in [0.2, 0.25) is 0 Å². The predicted octanol–water partition coefficient (Wildman–Crippen LogP) is 2.12. The van der Waals surface area contributed by atoms with Crippen molar-refractivity contribution in [1.29, 1.82) is 0 Å². The molecule has 0 aliphatic heterocycles. The number of methoxy groups -OCH3 is 1. The number of carbonyl (C=O) groups excluding carboxylic acids is 2. The van der Waals surface area contributed by atoms with Crippen LogP contribution in [0.3, 0.4) is 0 Å². The second-order valence-electron chi connectivity index (χ2n) is 5.60. The summed E-state index contributed by atoms with van der Waals surface area (Å²) in [6.07, 6.45) is 1.74. The summed E-state index contributed by atoms with van der Waals surface area (Å²) < 4.78 is 7.30. The third-order valence-corrected chi connectivity index (χ3v) is 6.80. The van der Waals surface area contributed by atoms with Gasteiger partial charge in [-0.3, -0.25) is 0 Å². The number of amides is 1. The van der Waals surface area contributed by atoms with Crippen LogP contribution in [0, 0.1) is 0 Å². The molecule has 0 saturated carbocycles. The van der Waals surface area contributed by atoms with E-state index in [1.807, 2.05) is 36.4 Å². The summed E-state index contributed by atoms with van der Waals surface area (Å²) in [5.74, 6) is -0.498. The molecule has 2 aromatic carbocycles. The molecule has 4 nitrogen and oxygen atoms in total. The van der Waals surface area contributed by atoms with E-state index in [2.05, 4.69) is 29.6 Å². The molecule has 5 heteroatoms. The van der Waals surface area contributed by atoms with Gasteiger partial charge in [0.1, 0.15) is 0 Å². The molecule has 1 N–H and O–H groups in total. The van der Waals surface area contributed by atoms with Crippen molar-refractivity contribution in [3.8, 4) is 0 Å². The zero-order chi connectivity index (χ0) is 17.9. The Bertz CT molecular complexity index is 661. The maximum absolute atomic E-state index is 12.2. The van der Waals surface area contributed by atoms with Crippen molar-refractivity contribution in [2.75, 3.05) is 7.11 Å². The van der Waals surface area contributed by atoms with E-state index in [9.17, 15) is 9.59 Å². The third kappa shape index (κ3) is 7.29. The first kappa shape index (κ1) is 19.5. The summed E-state index contributed by atoms with van der Waals surface area (Å²) in [5.41, 5.74) is 0.995. The molecule has 0 spiro atoms. The Kier molecular flexibility index (Phi) is 8.51. The van der Waals surface area contributed by atoms with Crippen molar-refractivity contribution < 1.29 is 14.3 Å². The van der Waals surface area contributed by atoms with Gasteiger partial charge >= 0.3 is 159 Å². The van der Waals surface area contributed by atoms with Gasteiger partial charge in [-0.05, 0) is 0 Å². The quantitative estimate of drug-likeness (QED) is 0.360. The Morgan fingerprint density at radius 2 is 1.68 bits per heavy atom. The fourth-order valence-electron chi connectivity index (χ4n) is 2.39. The topological polar surface area (TPSA) is 55.4 Å². The van der Waals surface area contributed by atoms with Crippen molar-refractivity contribution in [3.05, 3.63) is 66.2 Å². The number of benzene rings is 2. The number of rotatable bonds is 9. The van der Waals surface area contributed by atoms with Gasteiger partial charge in [-0.2, -0.15) is 0 Å². The van der Waals surface area contributed by atoms with Crippen molar-refractivity contribution >= 4 is 36.4 Å². The van der Waals surface area contributed by atoms with Crippen molar-refractivity contribution in [3.63, 3.8) is 0 Å². The molecule has 132 valence electrons.